The van der Waals surface area contributed by atoms with Gasteiger partial charge in [-0.1, -0.05) is 42.1 Å². The van der Waals surface area contributed by atoms with Crippen molar-refractivity contribution in [2.75, 3.05) is 0 Å². The van der Waals surface area contributed by atoms with E-state index in [2.05, 4.69) is 46.3 Å². The fourth-order valence-electron chi connectivity index (χ4n) is 2.07. The molecule has 0 unspecified atom stereocenters. The molecule has 0 heterocycles. The molecule has 3 aromatic carbocycles. The van der Waals surface area contributed by atoms with Crippen LogP contribution in [-0.4, -0.2) is 11.1 Å². The van der Waals surface area contributed by atoms with E-state index in [0.29, 0.717) is 0 Å². The summed E-state index contributed by atoms with van der Waals surface area (Å²) in [5.41, 5.74) is 0.282. The van der Waals surface area contributed by atoms with E-state index in [0.717, 1.165) is 14.3 Å². The third kappa shape index (κ3) is 3.12. The Labute approximate surface area is 134 Å². The van der Waals surface area contributed by atoms with Crippen molar-refractivity contribution in [1.29, 1.82) is 0 Å². The van der Waals surface area contributed by atoms with E-state index < -0.39 is 5.97 Å². The van der Waals surface area contributed by atoms with Gasteiger partial charge in [-0.05, 0) is 57.0 Å². The Balaban J connectivity index is 1.93. The third-order valence-electron chi connectivity index (χ3n) is 3.13. The maximum Gasteiger partial charge on any atom is 0.335 e. The van der Waals surface area contributed by atoms with Crippen molar-refractivity contribution in [3.63, 3.8) is 0 Å². The minimum absolute atomic E-state index is 0.282. The number of carboxylic acid groups (broad SMARTS) is 1. The lowest BCUT2D eigenvalue weighted by atomic mass is 10.1. The zero-order valence-electron chi connectivity index (χ0n) is 10.9. The summed E-state index contributed by atoms with van der Waals surface area (Å²) in [4.78, 5) is 13.1. The van der Waals surface area contributed by atoms with E-state index in [1.807, 2.05) is 18.2 Å². The molecule has 3 rings (SSSR count). The molecule has 0 aliphatic heterocycles. The SMILES string of the molecule is O=C(O)c1ccc(Sc2ccc3ccccc3c2)c(Br)c1. The number of hydrogen-bond acceptors (Lipinski definition) is 2. The predicted octanol–water partition coefficient (Wildman–Crippen LogP) is 5.45. The van der Waals surface area contributed by atoms with Gasteiger partial charge in [-0.15, -0.1) is 0 Å². The topological polar surface area (TPSA) is 37.3 Å². The number of carbonyl (C=O) groups is 1. The van der Waals surface area contributed by atoms with Gasteiger partial charge in [0, 0.05) is 14.3 Å². The quantitative estimate of drug-likeness (QED) is 0.676. The standard InChI is InChI=1S/C17H11BrO2S/c18-15-10-13(17(19)20)6-8-16(15)21-14-7-5-11-3-1-2-4-12(11)9-14/h1-10H,(H,19,20). The number of halogens is 1. The molecule has 0 radical (unpaired) electrons. The number of aromatic carboxylic acids is 1. The normalized spacial score (nSPS) is 10.7. The first-order valence-electron chi connectivity index (χ1n) is 6.33. The highest BCUT2D eigenvalue weighted by Crippen LogP contribution is 2.35. The van der Waals surface area contributed by atoms with Crippen LogP contribution < -0.4 is 0 Å². The number of fused-ring (bicyclic) bond motifs is 1. The van der Waals surface area contributed by atoms with Crippen LogP contribution in [0.5, 0.6) is 0 Å². The largest absolute Gasteiger partial charge is 0.478 e. The summed E-state index contributed by atoms with van der Waals surface area (Å²) in [5.74, 6) is -0.919. The minimum atomic E-state index is -0.919. The van der Waals surface area contributed by atoms with Crippen molar-refractivity contribution >= 4 is 44.4 Å². The number of carboxylic acids is 1. The Kier molecular flexibility index (Phi) is 3.99. The van der Waals surface area contributed by atoms with E-state index in [1.54, 1.807) is 23.9 Å². The Morgan fingerprint density at radius 3 is 2.43 bits per heavy atom. The molecule has 0 saturated heterocycles. The molecule has 0 atom stereocenters. The van der Waals surface area contributed by atoms with Gasteiger partial charge in [0.1, 0.15) is 0 Å². The van der Waals surface area contributed by atoms with E-state index in [9.17, 15) is 4.79 Å². The number of benzene rings is 3. The van der Waals surface area contributed by atoms with Crippen LogP contribution in [0.2, 0.25) is 0 Å². The number of hydrogen-bond donors (Lipinski definition) is 1. The maximum absolute atomic E-state index is 10.9. The molecule has 104 valence electrons. The smallest absolute Gasteiger partial charge is 0.335 e. The second kappa shape index (κ2) is 5.92. The molecule has 0 spiro atoms. The zero-order chi connectivity index (χ0) is 14.8. The average Bonchev–Trinajstić information content (AvgIpc) is 2.49. The molecule has 3 aromatic rings. The Morgan fingerprint density at radius 1 is 0.952 bits per heavy atom. The first-order valence-corrected chi connectivity index (χ1v) is 7.94. The van der Waals surface area contributed by atoms with E-state index >= 15 is 0 Å². The molecule has 4 heteroatoms. The van der Waals surface area contributed by atoms with Crippen LogP contribution in [0.15, 0.2) is 74.9 Å². The molecular weight excluding hydrogens is 348 g/mol. The lowest BCUT2D eigenvalue weighted by molar-refractivity contribution is 0.0696. The van der Waals surface area contributed by atoms with E-state index in [1.165, 1.54) is 10.8 Å². The van der Waals surface area contributed by atoms with Gasteiger partial charge in [-0.25, -0.2) is 4.79 Å². The van der Waals surface area contributed by atoms with E-state index in [4.69, 9.17) is 5.11 Å². The lowest BCUT2D eigenvalue weighted by Gasteiger charge is -2.07. The van der Waals surface area contributed by atoms with Gasteiger partial charge in [-0.2, -0.15) is 0 Å². The van der Waals surface area contributed by atoms with Gasteiger partial charge in [-0.3, -0.25) is 0 Å². The molecule has 0 aliphatic rings. The Bertz CT molecular complexity index is 830. The highest BCUT2D eigenvalue weighted by molar-refractivity contribution is 9.10. The van der Waals surface area contributed by atoms with Gasteiger partial charge in [0.15, 0.2) is 0 Å². The first kappa shape index (κ1) is 14.2. The van der Waals surface area contributed by atoms with E-state index in [-0.39, 0.29) is 5.56 Å². The van der Waals surface area contributed by atoms with Crippen molar-refractivity contribution < 1.29 is 9.90 Å². The monoisotopic (exact) mass is 358 g/mol. The van der Waals surface area contributed by atoms with Crippen LogP contribution in [0.1, 0.15) is 10.4 Å². The van der Waals surface area contributed by atoms with Gasteiger partial charge in [0.2, 0.25) is 0 Å². The highest BCUT2D eigenvalue weighted by Gasteiger charge is 2.08. The summed E-state index contributed by atoms with van der Waals surface area (Å²) in [6.45, 7) is 0. The predicted molar refractivity (Wildman–Crippen MR) is 89.2 cm³/mol. The molecule has 0 bridgehead atoms. The minimum Gasteiger partial charge on any atom is -0.478 e. The van der Waals surface area contributed by atoms with Crippen molar-refractivity contribution in [2.45, 2.75) is 9.79 Å². The maximum atomic E-state index is 10.9. The van der Waals surface area contributed by atoms with Crippen LogP contribution in [0.3, 0.4) is 0 Å². The zero-order valence-corrected chi connectivity index (χ0v) is 13.3. The number of rotatable bonds is 3. The molecule has 2 nitrogen and oxygen atoms in total. The molecule has 1 N–H and O–H groups in total. The molecule has 0 amide bonds. The molecule has 0 aromatic heterocycles. The van der Waals surface area contributed by atoms with Crippen molar-refractivity contribution in [3.8, 4) is 0 Å². The third-order valence-corrected chi connectivity index (χ3v) is 5.11. The first-order chi connectivity index (χ1) is 10.1. The highest BCUT2D eigenvalue weighted by atomic mass is 79.9. The van der Waals surface area contributed by atoms with Crippen molar-refractivity contribution in [3.05, 3.63) is 70.7 Å². The van der Waals surface area contributed by atoms with Crippen molar-refractivity contribution in [1.82, 2.24) is 0 Å². The Morgan fingerprint density at radius 2 is 1.71 bits per heavy atom. The second-order valence-electron chi connectivity index (χ2n) is 4.56. The van der Waals surface area contributed by atoms with Crippen LogP contribution >= 0.6 is 27.7 Å². The van der Waals surface area contributed by atoms with Crippen LogP contribution in [0.25, 0.3) is 10.8 Å². The average molecular weight is 359 g/mol. The molecule has 0 saturated carbocycles. The summed E-state index contributed by atoms with van der Waals surface area (Å²) in [5, 5.41) is 11.4. The molecular formula is C17H11BrO2S. The fraction of sp³-hybridized carbons (Fsp3) is 0. The summed E-state index contributed by atoms with van der Waals surface area (Å²) in [6.07, 6.45) is 0. The van der Waals surface area contributed by atoms with Gasteiger partial charge in [0.05, 0.1) is 5.56 Å². The van der Waals surface area contributed by atoms with Crippen LogP contribution in [0, 0.1) is 0 Å². The molecule has 0 fully saturated rings. The van der Waals surface area contributed by atoms with Crippen LogP contribution in [0.4, 0.5) is 0 Å². The Hall–Kier alpha value is -1.78. The summed E-state index contributed by atoms with van der Waals surface area (Å²) >= 11 is 5.05. The van der Waals surface area contributed by atoms with Gasteiger partial charge >= 0.3 is 5.97 Å². The van der Waals surface area contributed by atoms with Gasteiger partial charge < -0.3 is 5.11 Å². The lowest BCUT2D eigenvalue weighted by Crippen LogP contribution is -1.95. The summed E-state index contributed by atoms with van der Waals surface area (Å²) in [7, 11) is 0. The van der Waals surface area contributed by atoms with Gasteiger partial charge in [0.25, 0.3) is 0 Å². The molecule has 0 aliphatic carbocycles. The second-order valence-corrected chi connectivity index (χ2v) is 6.53. The fourth-order valence-corrected chi connectivity index (χ4v) is 3.56. The summed E-state index contributed by atoms with van der Waals surface area (Å²) in [6, 6.07) is 19.6. The van der Waals surface area contributed by atoms with Crippen LogP contribution in [-0.2, 0) is 0 Å². The molecule has 21 heavy (non-hydrogen) atoms. The van der Waals surface area contributed by atoms with Crippen molar-refractivity contribution in [2.24, 2.45) is 0 Å². The summed E-state index contributed by atoms with van der Waals surface area (Å²) < 4.78 is 0.792.